The lowest BCUT2D eigenvalue weighted by atomic mass is 9.77. The highest BCUT2D eigenvalue weighted by molar-refractivity contribution is 5.81. The van der Waals surface area contributed by atoms with E-state index in [0.717, 1.165) is 19.3 Å². The van der Waals surface area contributed by atoms with Crippen LogP contribution in [0.2, 0.25) is 0 Å². The number of fused-ring (bicyclic) bond motifs is 1. The van der Waals surface area contributed by atoms with E-state index in [1.54, 1.807) is 0 Å². The van der Waals surface area contributed by atoms with Crippen molar-refractivity contribution in [3.05, 3.63) is 0 Å². The maximum absolute atomic E-state index is 12.2. The topological polar surface area (TPSA) is 41.1 Å². The average Bonchev–Trinajstić information content (AvgIpc) is 2.30. The monoisotopic (exact) mass is 222 g/mol. The predicted octanol–water partition coefficient (Wildman–Crippen LogP) is 1.92. The first kappa shape index (κ1) is 10.6. The first-order chi connectivity index (χ1) is 7.79. The van der Waals surface area contributed by atoms with Crippen LogP contribution < -0.4 is 10.6 Å². The summed E-state index contributed by atoms with van der Waals surface area (Å²) in [6, 6.07) is 0.459. The van der Waals surface area contributed by atoms with E-state index in [2.05, 4.69) is 10.6 Å². The van der Waals surface area contributed by atoms with Crippen molar-refractivity contribution in [2.45, 2.75) is 69.5 Å². The van der Waals surface area contributed by atoms with E-state index >= 15 is 0 Å². The second kappa shape index (κ2) is 4.02. The molecule has 90 valence electrons. The summed E-state index contributed by atoms with van der Waals surface area (Å²) in [6.07, 6.45) is 10.9. The van der Waals surface area contributed by atoms with E-state index in [1.165, 1.54) is 38.5 Å². The van der Waals surface area contributed by atoms with Crippen molar-refractivity contribution in [1.29, 1.82) is 0 Å². The molecule has 3 heteroatoms. The van der Waals surface area contributed by atoms with Crippen LogP contribution in [0.3, 0.4) is 0 Å². The highest BCUT2D eigenvalue weighted by Gasteiger charge is 2.45. The zero-order chi connectivity index (χ0) is 11.0. The highest BCUT2D eigenvalue weighted by atomic mass is 16.2. The van der Waals surface area contributed by atoms with Crippen molar-refractivity contribution < 1.29 is 4.79 Å². The maximum atomic E-state index is 12.2. The Morgan fingerprint density at radius 3 is 2.56 bits per heavy atom. The summed E-state index contributed by atoms with van der Waals surface area (Å²) in [4.78, 5) is 12.2. The first-order valence-electron chi connectivity index (χ1n) is 6.89. The molecule has 3 rings (SSSR count). The SMILES string of the molecule is O=C1NC2(CCCCC2)NC2CCCCC12. The number of amides is 1. The van der Waals surface area contributed by atoms with Gasteiger partial charge >= 0.3 is 0 Å². The van der Waals surface area contributed by atoms with Crippen LogP contribution in [-0.2, 0) is 4.79 Å². The van der Waals surface area contributed by atoms with Gasteiger partial charge in [-0.25, -0.2) is 0 Å². The lowest BCUT2D eigenvalue weighted by molar-refractivity contribution is -0.134. The van der Waals surface area contributed by atoms with Gasteiger partial charge in [0.15, 0.2) is 0 Å². The van der Waals surface area contributed by atoms with Crippen LogP contribution in [0, 0.1) is 5.92 Å². The summed E-state index contributed by atoms with van der Waals surface area (Å²) in [5.74, 6) is 0.576. The molecule has 0 aromatic carbocycles. The minimum atomic E-state index is -0.0339. The van der Waals surface area contributed by atoms with Crippen LogP contribution in [0.5, 0.6) is 0 Å². The Hall–Kier alpha value is -0.570. The zero-order valence-electron chi connectivity index (χ0n) is 9.93. The molecule has 0 bridgehead atoms. The summed E-state index contributed by atoms with van der Waals surface area (Å²) in [5, 5.41) is 7.05. The van der Waals surface area contributed by atoms with E-state index in [0.29, 0.717) is 11.9 Å². The lowest BCUT2D eigenvalue weighted by Gasteiger charge is -2.49. The summed E-state index contributed by atoms with van der Waals surface area (Å²) >= 11 is 0. The summed E-state index contributed by atoms with van der Waals surface area (Å²) in [6.45, 7) is 0. The van der Waals surface area contributed by atoms with Crippen LogP contribution in [-0.4, -0.2) is 17.6 Å². The summed E-state index contributed by atoms with van der Waals surface area (Å²) in [5.41, 5.74) is -0.0339. The smallest absolute Gasteiger partial charge is 0.226 e. The Morgan fingerprint density at radius 1 is 1.00 bits per heavy atom. The molecule has 3 aliphatic rings. The van der Waals surface area contributed by atoms with Gasteiger partial charge in [0.25, 0.3) is 0 Å². The van der Waals surface area contributed by atoms with Crippen LogP contribution in [0.25, 0.3) is 0 Å². The van der Waals surface area contributed by atoms with Crippen molar-refractivity contribution in [2.24, 2.45) is 5.92 Å². The fourth-order valence-electron chi connectivity index (χ4n) is 3.76. The molecular weight excluding hydrogens is 200 g/mol. The molecule has 2 unspecified atom stereocenters. The van der Waals surface area contributed by atoms with Crippen LogP contribution in [0.1, 0.15) is 57.8 Å². The van der Waals surface area contributed by atoms with Gasteiger partial charge in [0, 0.05) is 6.04 Å². The minimum absolute atomic E-state index is 0.0339. The molecular formula is C13H22N2O. The number of hydrogen-bond acceptors (Lipinski definition) is 2. The van der Waals surface area contributed by atoms with Crippen molar-refractivity contribution in [2.75, 3.05) is 0 Å². The molecule has 2 saturated carbocycles. The molecule has 2 atom stereocenters. The fourth-order valence-corrected chi connectivity index (χ4v) is 3.76. The average molecular weight is 222 g/mol. The second-order valence-electron chi connectivity index (χ2n) is 5.77. The van der Waals surface area contributed by atoms with Gasteiger partial charge in [-0.2, -0.15) is 0 Å². The van der Waals surface area contributed by atoms with Crippen molar-refractivity contribution in [3.8, 4) is 0 Å². The number of rotatable bonds is 0. The quantitative estimate of drug-likeness (QED) is 0.657. The third kappa shape index (κ3) is 1.75. The first-order valence-corrected chi connectivity index (χ1v) is 6.89. The van der Waals surface area contributed by atoms with E-state index in [-0.39, 0.29) is 11.6 Å². The van der Waals surface area contributed by atoms with Gasteiger partial charge < -0.3 is 5.32 Å². The third-order valence-electron chi connectivity index (χ3n) is 4.63. The number of carbonyl (C=O) groups is 1. The second-order valence-corrected chi connectivity index (χ2v) is 5.77. The molecule has 3 nitrogen and oxygen atoms in total. The van der Waals surface area contributed by atoms with Crippen molar-refractivity contribution >= 4 is 5.91 Å². The molecule has 1 aliphatic heterocycles. The van der Waals surface area contributed by atoms with Gasteiger partial charge in [-0.05, 0) is 38.5 Å². The fraction of sp³-hybridized carbons (Fsp3) is 0.923. The molecule has 0 radical (unpaired) electrons. The van der Waals surface area contributed by atoms with E-state index in [4.69, 9.17) is 0 Å². The Bertz CT molecular complexity index is 284. The van der Waals surface area contributed by atoms with Crippen LogP contribution in [0.4, 0.5) is 0 Å². The third-order valence-corrected chi connectivity index (χ3v) is 4.63. The Kier molecular flexibility index (Phi) is 2.66. The standard InChI is InChI=1S/C13H22N2O/c16-12-10-6-2-3-7-11(10)14-13(15-12)8-4-1-5-9-13/h10-11,14H,1-9H2,(H,15,16). The molecule has 0 aromatic rings. The lowest BCUT2D eigenvalue weighted by Crippen LogP contribution is -2.70. The molecule has 1 saturated heterocycles. The normalized spacial score (nSPS) is 37.9. The minimum Gasteiger partial charge on any atom is -0.338 e. The number of hydrogen-bond donors (Lipinski definition) is 2. The van der Waals surface area contributed by atoms with E-state index < -0.39 is 0 Å². The van der Waals surface area contributed by atoms with Gasteiger partial charge in [0.1, 0.15) is 0 Å². The molecule has 0 aromatic heterocycles. The predicted molar refractivity (Wildman–Crippen MR) is 62.8 cm³/mol. The summed E-state index contributed by atoms with van der Waals surface area (Å²) < 4.78 is 0. The van der Waals surface area contributed by atoms with Gasteiger partial charge in [-0.3, -0.25) is 10.1 Å². The molecule has 16 heavy (non-hydrogen) atoms. The zero-order valence-corrected chi connectivity index (χ0v) is 9.93. The highest BCUT2D eigenvalue weighted by Crippen LogP contribution is 2.35. The molecule has 2 aliphatic carbocycles. The Balaban J connectivity index is 1.77. The van der Waals surface area contributed by atoms with Gasteiger partial charge in [0.2, 0.25) is 5.91 Å². The van der Waals surface area contributed by atoms with Gasteiger partial charge in [-0.1, -0.05) is 19.3 Å². The number of carbonyl (C=O) groups excluding carboxylic acids is 1. The van der Waals surface area contributed by atoms with Crippen LogP contribution in [0.15, 0.2) is 0 Å². The van der Waals surface area contributed by atoms with Gasteiger partial charge in [-0.15, -0.1) is 0 Å². The summed E-state index contributed by atoms with van der Waals surface area (Å²) in [7, 11) is 0. The Morgan fingerprint density at radius 2 is 1.75 bits per heavy atom. The maximum Gasteiger partial charge on any atom is 0.226 e. The van der Waals surface area contributed by atoms with Crippen LogP contribution >= 0.6 is 0 Å². The molecule has 1 amide bonds. The molecule has 3 fully saturated rings. The van der Waals surface area contributed by atoms with E-state index in [9.17, 15) is 4.79 Å². The molecule has 1 spiro atoms. The molecule has 2 N–H and O–H groups in total. The van der Waals surface area contributed by atoms with Gasteiger partial charge in [0.05, 0.1) is 11.6 Å². The largest absolute Gasteiger partial charge is 0.338 e. The Labute approximate surface area is 97.4 Å². The van der Waals surface area contributed by atoms with Crippen molar-refractivity contribution in [1.82, 2.24) is 10.6 Å². The number of nitrogens with one attached hydrogen (secondary N) is 2. The van der Waals surface area contributed by atoms with Crippen molar-refractivity contribution in [3.63, 3.8) is 0 Å². The van der Waals surface area contributed by atoms with E-state index in [1.807, 2.05) is 0 Å². The molecule has 1 heterocycles.